The lowest BCUT2D eigenvalue weighted by atomic mass is 10.1. The van der Waals surface area contributed by atoms with E-state index >= 15 is 0 Å². The van der Waals surface area contributed by atoms with Gasteiger partial charge >= 0.3 is 0 Å². The topological polar surface area (TPSA) is 99.2 Å². The molecule has 0 aliphatic carbocycles. The van der Waals surface area contributed by atoms with Crippen LogP contribution < -0.4 is 5.73 Å². The maximum absolute atomic E-state index is 11.9. The number of carbonyl (C=O) groups excluding carboxylic acids is 1. The van der Waals surface area contributed by atoms with E-state index in [1.807, 2.05) is 6.92 Å². The molecule has 0 bridgehead atoms. The number of unbranched alkanes of at least 4 members (excludes halogenated alkanes) is 1. The quantitative estimate of drug-likeness (QED) is 0.248. The van der Waals surface area contributed by atoms with Crippen LogP contribution in [0.3, 0.4) is 0 Å². The molecule has 94 valence electrons. The molecule has 0 heterocycles. The van der Waals surface area contributed by atoms with Crippen LogP contribution in [0.25, 0.3) is 0 Å². The lowest BCUT2D eigenvalue weighted by molar-refractivity contribution is -0.133. The van der Waals surface area contributed by atoms with E-state index in [-0.39, 0.29) is 24.9 Å². The van der Waals surface area contributed by atoms with Gasteiger partial charge in [-0.15, -0.1) is 0 Å². The second kappa shape index (κ2) is 7.92. The first-order valence-electron chi connectivity index (χ1n) is 5.45. The van der Waals surface area contributed by atoms with Crippen molar-refractivity contribution >= 4 is 11.7 Å². The molecule has 0 saturated heterocycles. The molecule has 0 aliphatic rings. The molecule has 1 unspecified atom stereocenters. The summed E-state index contributed by atoms with van der Waals surface area (Å²) >= 11 is 0. The molecule has 6 heteroatoms. The lowest BCUT2D eigenvalue weighted by Crippen LogP contribution is -2.42. The van der Waals surface area contributed by atoms with E-state index in [0.717, 1.165) is 12.8 Å². The highest BCUT2D eigenvalue weighted by Gasteiger charge is 2.23. The number of hydrogen-bond acceptors (Lipinski definition) is 4. The van der Waals surface area contributed by atoms with E-state index in [0.29, 0.717) is 6.54 Å². The van der Waals surface area contributed by atoms with Crippen molar-refractivity contribution in [3.05, 3.63) is 0 Å². The molecule has 0 aromatic rings. The smallest absolute Gasteiger partial charge is 0.233 e. The number of aliphatic hydroxyl groups excluding tert-OH is 1. The number of hydrogen-bond donors (Lipinski definition) is 3. The highest BCUT2D eigenvalue weighted by Crippen LogP contribution is 2.04. The molecule has 0 aromatic heterocycles. The van der Waals surface area contributed by atoms with Crippen molar-refractivity contribution in [2.75, 3.05) is 19.7 Å². The summed E-state index contributed by atoms with van der Waals surface area (Å²) in [5.41, 5.74) is 5.37. The number of amidine groups is 1. The number of oxime groups is 1. The first-order valence-corrected chi connectivity index (χ1v) is 5.45. The highest BCUT2D eigenvalue weighted by molar-refractivity contribution is 6.01. The van der Waals surface area contributed by atoms with Crippen molar-refractivity contribution in [1.82, 2.24) is 4.90 Å². The van der Waals surface area contributed by atoms with E-state index in [9.17, 15) is 4.79 Å². The van der Waals surface area contributed by atoms with E-state index in [2.05, 4.69) is 5.16 Å². The summed E-state index contributed by atoms with van der Waals surface area (Å²) < 4.78 is 0. The van der Waals surface area contributed by atoms with Crippen molar-refractivity contribution in [2.24, 2.45) is 16.8 Å². The molecule has 0 fully saturated rings. The Hall–Kier alpha value is -1.30. The fraction of sp³-hybridized carbons (Fsp3) is 0.800. The summed E-state index contributed by atoms with van der Waals surface area (Å²) in [5, 5.41) is 20.2. The van der Waals surface area contributed by atoms with Gasteiger partial charge in [0.2, 0.25) is 5.91 Å². The minimum atomic E-state index is -0.659. The lowest BCUT2D eigenvalue weighted by Gasteiger charge is -2.24. The summed E-state index contributed by atoms with van der Waals surface area (Å²) in [6.07, 6.45) is 1.84. The Balaban J connectivity index is 4.47. The molecule has 0 aliphatic heterocycles. The van der Waals surface area contributed by atoms with Gasteiger partial charge in [-0.2, -0.15) is 0 Å². The molecule has 16 heavy (non-hydrogen) atoms. The number of aliphatic hydroxyl groups is 1. The van der Waals surface area contributed by atoms with Gasteiger partial charge in [0.1, 0.15) is 0 Å². The molecule has 0 radical (unpaired) electrons. The molecule has 6 nitrogen and oxygen atoms in total. The third kappa shape index (κ3) is 4.48. The monoisotopic (exact) mass is 231 g/mol. The zero-order chi connectivity index (χ0) is 12.6. The Bertz CT molecular complexity index is 243. The van der Waals surface area contributed by atoms with Gasteiger partial charge in [-0.05, 0) is 13.3 Å². The van der Waals surface area contributed by atoms with E-state index in [1.54, 1.807) is 6.92 Å². The molecule has 0 saturated carbocycles. The van der Waals surface area contributed by atoms with Gasteiger partial charge < -0.3 is 20.9 Å². The minimum Gasteiger partial charge on any atom is -0.409 e. The zero-order valence-corrected chi connectivity index (χ0v) is 9.89. The van der Waals surface area contributed by atoms with E-state index in [4.69, 9.17) is 16.0 Å². The number of carbonyl (C=O) groups is 1. The zero-order valence-electron chi connectivity index (χ0n) is 9.89. The summed E-state index contributed by atoms with van der Waals surface area (Å²) in [7, 11) is 0. The molecule has 0 rings (SSSR count). The summed E-state index contributed by atoms with van der Waals surface area (Å²) in [6.45, 7) is 4.38. The average Bonchev–Trinajstić information content (AvgIpc) is 2.31. The summed E-state index contributed by atoms with van der Waals surface area (Å²) in [6, 6.07) is 0. The largest absolute Gasteiger partial charge is 0.409 e. The minimum absolute atomic E-state index is 0.0850. The SMILES string of the molecule is CCCCN(CCO)C(=O)C(C)C(N)=NO. The number of rotatable bonds is 7. The first-order chi connectivity index (χ1) is 7.58. The Morgan fingerprint density at radius 3 is 2.56 bits per heavy atom. The molecule has 0 aromatic carbocycles. The van der Waals surface area contributed by atoms with Gasteiger partial charge in [0.15, 0.2) is 5.84 Å². The Morgan fingerprint density at radius 1 is 1.50 bits per heavy atom. The maximum Gasteiger partial charge on any atom is 0.233 e. The van der Waals surface area contributed by atoms with Gasteiger partial charge in [0.05, 0.1) is 12.5 Å². The predicted molar refractivity (Wildman–Crippen MR) is 61.1 cm³/mol. The fourth-order valence-corrected chi connectivity index (χ4v) is 1.29. The Labute approximate surface area is 95.7 Å². The van der Waals surface area contributed by atoms with Gasteiger partial charge in [0, 0.05) is 13.1 Å². The number of nitrogens with two attached hydrogens (primary N) is 1. The normalized spacial score (nSPS) is 13.6. The van der Waals surface area contributed by atoms with E-state index in [1.165, 1.54) is 4.90 Å². The van der Waals surface area contributed by atoms with Crippen LogP contribution in [-0.2, 0) is 4.79 Å². The van der Waals surface area contributed by atoms with Crippen LogP contribution in [0.1, 0.15) is 26.7 Å². The molecule has 1 atom stereocenters. The van der Waals surface area contributed by atoms with Gasteiger partial charge in [-0.1, -0.05) is 18.5 Å². The van der Waals surface area contributed by atoms with Gasteiger partial charge in [0.25, 0.3) is 0 Å². The van der Waals surface area contributed by atoms with Crippen molar-refractivity contribution in [2.45, 2.75) is 26.7 Å². The van der Waals surface area contributed by atoms with Crippen LogP contribution in [0.5, 0.6) is 0 Å². The van der Waals surface area contributed by atoms with Crippen LogP contribution in [0, 0.1) is 5.92 Å². The van der Waals surface area contributed by atoms with Crippen LogP contribution in [0.15, 0.2) is 5.16 Å². The molecule has 1 amide bonds. The summed E-state index contributed by atoms with van der Waals surface area (Å²) in [5.74, 6) is -0.990. The first kappa shape index (κ1) is 14.7. The number of nitrogens with zero attached hydrogens (tertiary/aromatic N) is 2. The maximum atomic E-state index is 11.9. The highest BCUT2D eigenvalue weighted by atomic mass is 16.4. The van der Waals surface area contributed by atoms with Gasteiger partial charge in [-0.25, -0.2) is 0 Å². The summed E-state index contributed by atoms with van der Waals surface area (Å²) in [4.78, 5) is 13.4. The van der Waals surface area contributed by atoms with Crippen LogP contribution >= 0.6 is 0 Å². The number of amides is 1. The van der Waals surface area contributed by atoms with Crippen molar-refractivity contribution in [1.29, 1.82) is 0 Å². The average molecular weight is 231 g/mol. The van der Waals surface area contributed by atoms with Crippen LogP contribution in [-0.4, -0.2) is 46.7 Å². The molecule has 4 N–H and O–H groups in total. The third-order valence-corrected chi connectivity index (χ3v) is 2.39. The Morgan fingerprint density at radius 2 is 2.12 bits per heavy atom. The van der Waals surface area contributed by atoms with E-state index < -0.39 is 5.92 Å². The molecular formula is C10H21N3O3. The second-order valence-electron chi connectivity index (χ2n) is 3.65. The molecular weight excluding hydrogens is 210 g/mol. The van der Waals surface area contributed by atoms with Crippen molar-refractivity contribution in [3.63, 3.8) is 0 Å². The Kier molecular flexibility index (Phi) is 7.28. The van der Waals surface area contributed by atoms with Crippen molar-refractivity contribution < 1.29 is 15.1 Å². The van der Waals surface area contributed by atoms with Crippen LogP contribution in [0.4, 0.5) is 0 Å². The predicted octanol–water partition coefficient (Wildman–Crippen LogP) is -0.0101. The van der Waals surface area contributed by atoms with Crippen LogP contribution in [0.2, 0.25) is 0 Å². The molecule has 0 spiro atoms. The van der Waals surface area contributed by atoms with Crippen molar-refractivity contribution in [3.8, 4) is 0 Å². The standard InChI is InChI=1S/C10H21N3O3/c1-3-4-5-13(6-7-14)10(15)8(2)9(11)12-16/h8,14,16H,3-7H2,1-2H3,(H2,11,12). The second-order valence-corrected chi connectivity index (χ2v) is 3.65. The van der Waals surface area contributed by atoms with Gasteiger partial charge in [-0.3, -0.25) is 4.79 Å². The fourth-order valence-electron chi connectivity index (χ4n) is 1.29. The third-order valence-electron chi connectivity index (χ3n) is 2.39.